The van der Waals surface area contributed by atoms with Crippen molar-refractivity contribution in [1.29, 1.82) is 0 Å². The summed E-state index contributed by atoms with van der Waals surface area (Å²) in [6.45, 7) is 0. The Bertz CT molecular complexity index is 4990. The summed E-state index contributed by atoms with van der Waals surface area (Å²) in [7, 11) is 0. The molecule has 0 radical (unpaired) electrons. The molecule has 6 heteroatoms. The summed E-state index contributed by atoms with van der Waals surface area (Å²) >= 11 is 0. The van der Waals surface area contributed by atoms with Crippen molar-refractivity contribution < 1.29 is 31.8 Å². The Labute approximate surface area is 389 Å². The number of para-hydroxylation sites is 4. The molecule has 0 N–H and O–H groups in total. The Morgan fingerprint density at radius 3 is 1.54 bits per heavy atom. The number of aromatic nitrogens is 5. The van der Waals surface area contributed by atoms with Gasteiger partial charge >= 0.3 is 0 Å². The van der Waals surface area contributed by atoms with Gasteiger partial charge in [-0.25, -0.2) is 0 Å². The molecule has 0 atom stereocenters. The van der Waals surface area contributed by atoms with Crippen molar-refractivity contribution in [3.8, 4) is 56.7 Å². The van der Waals surface area contributed by atoms with E-state index in [1.807, 2.05) is 66.7 Å². The Balaban J connectivity index is 1.11. The molecule has 0 saturated heterocycles. The maximum Gasteiger partial charge on any atom is 0.240 e. The third-order valence-corrected chi connectivity index (χ3v) is 11.0. The van der Waals surface area contributed by atoms with Crippen LogP contribution < -0.4 is 0 Å². The molecule has 0 aliphatic heterocycles. The predicted octanol–water partition coefficient (Wildman–Crippen LogP) is 14.6. The van der Waals surface area contributed by atoms with Gasteiger partial charge in [0.1, 0.15) is 11.2 Å². The number of furan rings is 1. The zero-order valence-corrected chi connectivity index (χ0v) is 32.3. The maximum absolute atomic E-state index is 9.89. The van der Waals surface area contributed by atoms with E-state index >= 15 is 0 Å². The monoisotopic (exact) mass is 825 g/mol. The second-order valence-electron chi connectivity index (χ2n) is 14.5. The third-order valence-electron chi connectivity index (χ3n) is 11.0. The number of fused-ring (bicyclic) bond motifs is 9. The molecule has 4 heterocycles. The zero-order chi connectivity index (χ0) is 58.8. The summed E-state index contributed by atoms with van der Waals surface area (Å²) in [6, 6.07) is 13.2. The van der Waals surface area contributed by atoms with Crippen LogP contribution >= 0.6 is 0 Å². The number of hydrogen-bond donors (Lipinski definition) is 0. The largest absolute Gasteiger partial charge is 0.456 e. The van der Waals surface area contributed by atoms with Gasteiger partial charge in [-0.1, -0.05) is 176 Å². The van der Waals surface area contributed by atoms with Crippen molar-refractivity contribution in [3.63, 3.8) is 0 Å². The molecule has 0 unspecified atom stereocenters. The van der Waals surface area contributed by atoms with E-state index in [-0.39, 0.29) is 27.5 Å². The van der Waals surface area contributed by atoms with Crippen molar-refractivity contribution in [1.82, 2.24) is 24.1 Å². The van der Waals surface area contributed by atoms with Crippen molar-refractivity contribution in [2.45, 2.75) is 0 Å². The third kappa shape index (κ3) is 5.62. The highest BCUT2D eigenvalue weighted by Gasteiger charge is 2.21. The van der Waals surface area contributed by atoms with Crippen LogP contribution in [0, 0.1) is 0 Å². The minimum Gasteiger partial charge on any atom is -0.456 e. The van der Waals surface area contributed by atoms with Gasteiger partial charge in [-0.2, -0.15) is 15.0 Å². The maximum atomic E-state index is 9.89. The van der Waals surface area contributed by atoms with Crippen molar-refractivity contribution in [2.75, 3.05) is 0 Å². The summed E-state index contributed by atoms with van der Waals surface area (Å²) in [6.07, 6.45) is 0. The van der Waals surface area contributed by atoms with E-state index < -0.39 is 171 Å². The van der Waals surface area contributed by atoms with Gasteiger partial charge in [0.15, 0.2) is 5.82 Å². The first-order valence-corrected chi connectivity index (χ1v) is 19.6. The van der Waals surface area contributed by atoms with E-state index in [1.165, 1.54) is 0 Å². The fourth-order valence-corrected chi connectivity index (χ4v) is 8.18. The van der Waals surface area contributed by atoms with Gasteiger partial charge < -0.3 is 4.42 Å². The van der Waals surface area contributed by atoms with Crippen LogP contribution in [-0.2, 0) is 0 Å². The van der Waals surface area contributed by atoms with Gasteiger partial charge in [-0.15, -0.1) is 0 Å². The molecule has 0 fully saturated rings. The minimum absolute atomic E-state index is 0.236. The van der Waals surface area contributed by atoms with E-state index in [2.05, 4.69) is 0 Å². The molecule has 13 aromatic rings. The van der Waals surface area contributed by atoms with Crippen LogP contribution in [0.15, 0.2) is 216 Å². The Morgan fingerprint density at radius 1 is 0.365 bits per heavy atom. The lowest BCUT2D eigenvalue weighted by Gasteiger charge is -2.13. The number of benzene rings is 9. The highest BCUT2D eigenvalue weighted by Crippen LogP contribution is 2.39. The van der Waals surface area contributed by atoms with Crippen LogP contribution in [0.2, 0.25) is 0 Å². The highest BCUT2D eigenvalue weighted by molar-refractivity contribution is 6.13. The quantitative estimate of drug-likeness (QED) is 0.168. The van der Waals surface area contributed by atoms with Crippen LogP contribution in [0.4, 0.5) is 0 Å². The molecule has 9 aromatic carbocycles. The molecule has 0 aliphatic carbocycles. The minimum atomic E-state index is -0.825. The molecule has 0 bridgehead atoms. The number of hydrogen-bond acceptors (Lipinski definition) is 4. The second kappa shape index (κ2) is 14.0. The van der Waals surface area contributed by atoms with Crippen LogP contribution in [0.3, 0.4) is 0 Å². The molecule has 294 valence electrons. The van der Waals surface area contributed by atoms with Crippen molar-refractivity contribution >= 4 is 65.6 Å². The van der Waals surface area contributed by atoms with Gasteiger partial charge in [0, 0.05) is 37.9 Å². The molecule has 63 heavy (non-hydrogen) atoms. The van der Waals surface area contributed by atoms with E-state index in [1.54, 1.807) is 24.3 Å². The van der Waals surface area contributed by atoms with Crippen molar-refractivity contribution in [3.05, 3.63) is 212 Å². The molecule has 13 rings (SSSR count). The van der Waals surface area contributed by atoms with Crippen LogP contribution in [0.25, 0.3) is 122 Å². The molecule has 0 aliphatic rings. The van der Waals surface area contributed by atoms with Crippen LogP contribution in [0.5, 0.6) is 0 Å². The predicted molar refractivity (Wildman–Crippen MR) is 258 cm³/mol. The Morgan fingerprint density at radius 2 is 0.889 bits per heavy atom. The molecule has 0 amide bonds. The van der Waals surface area contributed by atoms with E-state index in [0.29, 0.717) is 0 Å². The first-order valence-electron chi connectivity index (χ1n) is 29.6. The first-order chi connectivity index (χ1) is 39.5. The van der Waals surface area contributed by atoms with Gasteiger partial charge in [0.25, 0.3) is 0 Å². The molecular formula is C57H35N5O. The summed E-state index contributed by atoms with van der Waals surface area (Å²) in [5.74, 6) is -1.39. The van der Waals surface area contributed by atoms with Gasteiger partial charge in [-0.3, -0.25) is 9.13 Å². The lowest BCUT2D eigenvalue weighted by Crippen LogP contribution is -2.10. The lowest BCUT2D eigenvalue weighted by atomic mass is 9.96. The Hall–Kier alpha value is -8.61. The summed E-state index contributed by atoms with van der Waals surface area (Å²) in [5, 5.41) is 0.492. The van der Waals surface area contributed by atoms with E-state index in [4.69, 9.17) is 37.2 Å². The molecule has 4 aromatic heterocycles. The van der Waals surface area contributed by atoms with Crippen LogP contribution in [-0.4, -0.2) is 24.1 Å². The van der Waals surface area contributed by atoms with Gasteiger partial charge in [0.05, 0.1) is 49.5 Å². The average molecular weight is 826 g/mol. The fourth-order valence-electron chi connectivity index (χ4n) is 8.18. The average Bonchev–Trinajstić information content (AvgIpc) is 3.48. The second-order valence-corrected chi connectivity index (χ2v) is 14.5. The first kappa shape index (κ1) is 20.8. The fraction of sp³-hybridized carbons (Fsp3) is 0. The zero-order valence-electron chi connectivity index (χ0n) is 52.3. The molecule has 6 nitrogen and oxygen atoms in total. The SMILES string of the molecule is [2H]c1c([2H])c([2H])c(-c2c([2H])c([2H])c3c4c([2H])c([2H])c([2H])c([2H])c4n(-c4nc(-c5ccc(-c6ccc(-c7cccc8oc9ccccc9c78)cc6)cc5)nc(-n5c6c([2H])c([2H])c([2H])c([2H])c6c6c([2H])c([2H])c([2H])c([2H])c65)n4)c3c2[2H])c([2H])c1[2H]. The van der Waals surface area contributed by atoms with E-state index in [0.717, 1.165) is 53.3 Å². The van der Waals surface area contributed by atoms with Crippen LogP contribution in [0.1, 0.15) is 27.4 Å². The molecule has 0 spiro atoms. The number of nitrogens with zero attached hydrogens (tertiary/aromatic N) is 5. The highest BCUT2D eigenvalue weighted by atomic mass is 16.3. The van der Waals surface area contributed by atoms with Gasteiger partial charge in [-0.05, 0) is 69.7 Å². The standard InChI is InChI=1S/C57H35N5O/c1-2-13-36(14-3-1)41-33-34-46-45-17-6-10-22-50(45)62(51(46)35-41)57-59-55(58-56(60-57)61-48-20-8-4-15-43(48)44-16-5-9-21-49(44)61)40-31-27-38(28-32-40)37-25-29-39(30-26-37)42-19-12-24-53-54(42)47-18-7-11-23-52(47)63-53/h1-35H/i1D,2D,3D,4D,5D,6D,8D,9D,10D,13D,14D,15D,16D,17D,20D,21D,22D,33D,34D,35D. The molecule has 0 saturated carbocycles. The summed E-state index contributed by atoms with van der Waals surface area (Å²) in [5.41, 5.74) is 2.16. The molecular weight excluding hydrogens is 771 g/mol. The number of rotatable bonds is 6. The normalized spacial score (nSPS) is 16.3. The lowest BCUT2D eigenvalue weighted by molar-refractivity contribution is 0.669. The van der Waals surface area contributed by atoms with E-state index in [9.17, 15) is 9.60 Å². The summed E-state index contributed by atoms with van der Waals surface area (Å²) in [4.78, 5) is 14.5. The summed E-state index contributed by atoms with van der Waals surface area (Å²) < 4.78 is 188. The smallest absolute Gasteiger partial charge is 0.240 e. The van der Waals surface area contributed by atoms with Crippen molar-refractivity contribution in [2.24, 2.45) is 0 Å². The van der Waals surface area contributed by atoms with Gasteiger partial charge in [0.2, 0.25) is 11.9 Å². The topological polar surface area (TPSA) is 61.7 Å². The Kier molecular flexibility index (Phi) is 4.61.